The van der Waals surface area contributed by atoms with Crippen molar-refractivity contribution in [2.24, 2.45) is 0 Å². The van der Waals surface area contributed by atoms with Crippen LogP contribution in [0.1, 0.15) is 21.6 Å². The molecule has 0 spiro atoms. The van der Waals surface area contributed by atoms with Crippen molar-refractivity contribution in [3.8, 4) is 11.3 Å². The summed E-state index contributed by atoms with van der Waals surface area (Å²) in [5.41, 5.74) is 6.10. The van der Waals surface area contributed by atoms with Gasteiger partial charge in [-0.1, -0.05) is 78.4 Å². The summed E-state index contributed by atoms with van der Waals surface area (Å²) >= 11 is 1.56. The number of nitrogens with zero attached hydrogens (tertiary/aromatic N) is 2. The first-order valence-electron chi connectivity index (χ1n) is 10.00. The Bertz CT molecular complexity index is 1170. The molecular weight excluding hydrogens is 388 g/mol. The fraction of sp³-hybridized carbons (Fsp3) is 0.154. The number of carbonyl (C=O) groups is 1. The summed E-state index contributed by atoms with van der Waals surface area (Å²) in [6.45, 7) is 6.17. The molecule has 3 nitrogen and oxygen atoms in total. The van der Waals surface area contributed by atoms with Crippen LogP contribution in [0.25, 0.3) is 11.3 Å². The van der Waals surface area contributed by atoms with Crippen molar-refractivity contribution in [3.05, 3.63) is 100 Å². The maximum atomic E-state index is 13.5. The van der Waals surface area contributed by atoms with Gasteiger partial charge in [-0.05, 0) is 38.0 Å². The van der Waals surface area contributed by atoms with Gasteiger partial charge in [0.05, 0.1) is 17.8 Å². The molecular formula is C26H24N2OS. The number of hydrogen-bond donors (Lipinski definition) is 0. The summed E-state index contributed by atoms with van der Waals surface area (Å²) in [7, 11) is 0. The van der Waals surface area contributed by atoms with Gasteiger partial charge >= 0.3 is 0 Å². The average Bonchev–Trinajstić information content (AvgIpc) is 3.12. The molecule has 0 fully saturated rings. The van der Waals surface area contributed by atoms with E-state index in [-0.39, 0.29) is 5.91 Å². The monoisotopic (exact) mass is 412 g/mol. The number of aryl methyl sites for hydroxylation is 3. The van der Waals surface area contributed by atoms with Gasteiger partial charge in [0, 0.05) is 10.4 Å². The lowest BCUT2D eigenvalue weighted by Crippen LogP contribution is -2.28. The van der Waals surface area contributed by atoms with Crippen molar-refractivity contribution in [1.29, 1.82) is 0 Å². The maximum Gasteiger partial charge on any atom is 0.237 e. The third-order valence-corrected chi connectivity index (χ3v) is 6.02. The van der Waals surface area contributed by atoms with Gasteiger partial charge in [-0.3, -0.25) is 9.69 Å². The third kappa shape index (κ3) is 4.19. The smallest absolute Gasteiger partial charge is 0.237 e. The number of hydrogen-bond acceptors (Lipinski definition) is 3. The van der Waals surface area contributed by atoms with E-state index < -0.39 is 0 Å². The molecule has 4 rings (SSSR count). The second kappa shape index (κ2) is 8.64. The second-order valence-corrected chi connectivity index (χ2v) is 8.63. The van der Waals surface area contributed by atoms with Crippen LogP contribution in [0, 0.1) is 20.8 Å². The Morgan fingerprint density at radius 2 is 1.57 bits per heavy atom. The van der Waals surface area contributed by atoms with E-state index in [4.69, 9.17) is 4.98 Å². The molecule has 0 saturated carbocycles. The van der Waals surface area contributed by atoms with Crippen LogP contribution in [0.4, 0.5) is 10.8 Å². The van der Waals surface area contributed by atoms with E-state index in [0.29, 0.717) is 11.6 Å². The highest BCUT2D eigenvalue weighted by atomic mass is 32.1. The first-order valence-corrected chi connectivity index (χ1v) is 10.8. The predicted octanol–water partition coefficient (Wildman–Crippen LogP) is 6.64. The molecule has 0 radical (unpaired) electrons. The van der Waals surface area contributed by atoms with Crippen molar-refractivity contribution >= 4 is 28.1 Å². The predicted molar refractivity (Wildman–Crippen MR) is 125 cm³/mol. The van der Waals surface area contributed by atoms with Crippen molar-refractivity contribution in [2.75, 3.05) is 4.90 Å². The van der Waals surface area contributed by atoms with Gasteiger partial charge in [0.1, 0.15) is 0 Å². The lowest BCUT2D eigenvalue weighted by molar-refractivity contribution is -0.117. The van der Waals surface area contributed by atoms with Crippen molar-refractivity contribution in [1.82, 2.24) is 4.98 Å². The molecule has 1 heterocycles. The molecule has 4 heteroatoms. The molecule has 0 bridgehead atoms. The number of aromatic nitrogens is 1. The highest BCUT2D eigenvalue weighted by Gasteiger charge is 2.24. The van der Waals surface area contributed by atoms with Crippen LogP contribution in [0.5, 0.6) is 0 Å². The summed E-state index contributed by atoms with van der Waals surface area (Å²) in [6, 6.07) is 26.2. The summed E-state index contributed by atoms with van der Waals surface area (Å²) in [4.78, 5) is 21.3. The summed E-state index contributed by atoms with van der Waals surface area (Å²) < 4.78 is 0. The fourth-order valence-electron chi connectivity index (χ4n) is 3.59. The standard InChI is InChI=1S/C26H24N2OS/c1-18-14-15-23(19(2)16-18)28(24(29)17-21-10-6-4-7-11-21)26-27-25(20(3)30-26)22-12-8-5-9-13-22/h4-16H,17H2,1-3H3. The molecule has 0 N–H and O–H groups in total. The Morgan fingerprint density at radius 3 is 2.23 bits per heavy atom. The second-order valence-electron chi connectivity index (χ2n) is 7.45. The molecule has 3 aromatic carbocycles. The normalized spacial score (nSPS) is 10.8. The van der Waals surface area contributed by atoms with Gasteiger partial charge in [-0.15, -0.1) is 11.3 Å². The van der Waals surface area contributed by atoms with Crippen LogP contribution in [-0.2, 0) is 11.2 Å². The zero-order valence-electron chi connectivity index (χ0n) is 17.4. The number of thiazole rings is 1. The first kappa shape index (κ1) is 20.0. The van der Waals surface area contributed by atoms with E-state index in [2.05, 4.69) is 32.0 Å². The average molecular weight is 413 g/mol. The number of rotatable bonds is 5. The molecule has 1 aromatic heterocycles. The largest absolute Gasteiger partial charge is 0.274 e. The molecule has 1 amide bonds. The Hall–Kier alpha value is -3.24. The molecule has 0 aliphatic carbocycles. The third-order valence-electron chi connectivity index (χ3n) is 5.06. The molecule has 150 valence electrons. The van der Waals surface area contributed by atoms with Crippen LogP contribution in [-0.4, -0.2) is 10.9 Å². The quantitative estimate of drug-likeness (QED) is 0.368. The van der Waals surface area contributed by atoms with Crippen molar-refractivity contribution in [3.63, 3.8) is 0 Å². The Kier molecular flexibility index (Phi) is 5.77. The minimum absolute atomic E-state index is 0.0153. The van der Waals surface area contributed by atoms with Crippen molar-refractivity contribution < 1.29 is 4.79 Å². The highest BCUT2D eigenvalue weighted by molar-refractivity contribution is 7.16. The highest BCUT2D eigenvalue weighted by Crippen LogP contribution is 2.37. The number of amides is 1. The fourth-order valence-corrected chi connectivity index (χ4v) is 4.55. The Labute approximate surface area is 181 Å². The SMILES string of the molecule is Cc1ccc(N(C(=O)Cc2ccccc2)c2nc(-c3ccccc3)c(C)s2)c(C)c1. The molecule has 0 atom stereocenters. The minimum atomic E-state index is 0.0153. The van der Waals surface area contributed by atoms with E-state index in [0.717, 1.165) is 32.9 Å². The summed E-state index contributed by atoms with van der Waals surface area (Å²) in [5, 5.41) is 0.708. The van der Waals surface area contributed by atoms with Gasteiger partial charge in [0.2, 0.25) is 5.91 Å². The molecule has 0 unspecified atom stereocenters. The maximum absolute atomic E-state index is 13.5. The minimum Gasteiger partial charge on any atom is -0.274 e. The number of anilines is 2. The zero-order valence-corrected chi connectivity index (χ0v) is 18.2. The van der Waals surface area contributed by atoms with Crippen LogP contribution < -0.4 is 4.90 Å². The van der Waals surface area contributed by atoms with Crippen LogP contribution in [0.15, 0.2) is 78.9 Å². The van der Waals surface area contributed by atoms with Crippen LogP contribution in [0.3, 0.4) is 0 Å². The van der Waals surface area contributed by atoms with E-state index in [1.165, 1.54) is 5.56 Å². The lowest BCUT2D eigenvalue weighted by Gasteiger charge is -2.22. The molecule has 0 aliphatic heterocycles. The van der Waals surface area contributed by atoms with Crippen molar-refractivity contribution in [2.45, 2.75) is 27.2 Å². The number of carbonyl (C=O) groups excluding carboxylic acids is 1. The van der Waals surface area contributed by atoms with Gasteiger partial charge in [-0.2, -0.15) is 0 Å². The van der Waals surface area contributed by atoms with E-state index in [9.17, 15) is 4.79 Å². The van der Waals surface area contributed by atoms with Gasteiger partial charge in [-0.25, -0.2) is 4.98 Å². The summed E-state index contributed by atoms with van der Waals surface area (Å²) in [5.74, 6) is 0.0153. The molecule has 0 aliphatic rings. The van der Waals surface area contributed by atoms with E-state index >= 15 is 0 Å². The topological polar surface area (TPSA) is 33.2 Å². The van der Waals surface area contributed by atoms with E-state index in [1.54, 1.807) is 16.2 Å². The van der Waals surface area contributed by atoms with Gasteiger partial charge < -0.3 is 0 Å². The molecule has 4 aromatic rings. The Morgan fingerprint density at radius 1 is 0.900 bits per heavy atom. The summed E-state index contributed by atoms with van der Waals surface area (Å²) in [6.07, 6.45) is 0.327. The lowest BCUT2D eigenvalue weighted by atomic mass is 10.1. The first-order chi connectivity index (χ1) is 14.5. The number of benzene rings is 3. The van der Waals surface area contributed by atoms with Crippen LogP contribution >= 0.6 is 11.3 Å². The van der Waals surface area contributed by atoms with Crippen LogP contribution in [0.2, 0.25) is 0 Å². The van der Waals surface area contributed by atoms with E-state index in [1.807, 2.05) is 67.6 Å². The molecule has 30 heavy (non-hydrogen) atoms. The Balaban J connectivity index is 1.78. The van der Waals surface area contributed by atoms with Gasteiger partial charge in [0.15, 0.2) is 5.13 Å². The zero-order chi connectivity index (χ0) is 21.1. The molecule has 0 saturated heterocycles. The van der Waals surface area contributed by atoms with Gasteiger partial charge in [0.25, 0.3) is 0 Å².